The standard InChI is InChI=1S/C48H37N3O/c1-3-4-7-16-32(2)29-35-31-43(33-17-8-5-9-18-33)50-48(49-35)41-25-15-24-40-39-23-14-22-37(46(39)52-47(40)41)34-27-28-45-42(30-34)38-21-12-13-26-44(38)51(45)36-19-10-6-11-20-36/h4-28,30-31H,3,29H2,1-2H3/b7-4-,32-16+. The number of aromatic nitrogens is 3. The molecule has 52 heavy (non-hydrogen) atoms. The van der Waals surface area contributed by atoms with Crippen LogP contribution in [0.2, 0.25) is 0 Å². The number of nitrogens with zero attached hydrogens (tertiary/aromatic N) is 3. The van der Waals surface area contributed by atoms with Crippen LogP contribution >= 0.6 is 0 Å². The first-order chi connectivity index (χ1) is 25.7. The zero-order valence-electron chi connectivity index (χ0n) is 29.3. The predicted octanol–water partition coefficient (Wildman–Crippen LogP) is 12.9. The normalized spacial score (nSPS) is 12.2. The Kier molecular flexibility index (Phi) is 8.05. The van der Waals surface area contributed by atoms with Gasteiger partial charge >= 0.3 is 0 Å². The van der Waals surface area contributed by atoms with Crippen molar-refractivity contribution in [1.29, 1.82) is 0 Å². The fourth-order valence-electron chi connectivity index (χ4n) is 7.40. The van der Waals surface area contributed by atoms with Crippen LogP contribution in [0.5, 0.6) is 0 Å². The Morgan fingerprint density at radius 3 is 2.08 bits per heavy atom. The van der Waals surface area contributed by atoms with Crippen LogP contribution in [-0.2, 0) is 6.42 Å². The zero-order chi connectivity index (χ0) is 35.0. The summed E-state index contributed by atoms with van der Waals surface area (Å²) in [7, 11) is 0. The summed E-state index contributed by atoms with van der Waals surface area (Å²) in [4.78, 5) is 10.3. The predicted molar refractivity (Wildman–Crippen MR) is 217 cm³/mol. The molecule has 250 valence electrons. The zero-order valence-corrected chi connectivity index (χ0v) is 29.3. The smallest absolute Gasteiger partial charge is 0.163 e. The average Bonchev–Trinajstić information content (AvgIpc) is 3.74. The van der Waals surface area contributed by atoms with Crippen molar-refractivity contribution >= 4 is 43.7 Å². The summed E-state index contributed by atoms with van der Waals surface area (Å²) in [5.41, 5.74) is 12.4. The van der Waals surface area contributed by atoms with Gasteiger partial charge in [-0.2, -0.15) is 0 Å². The first kappa shape index (κ1) is 31.5. The second-order valence-corrected chi connectivity index (χ2v) is 13.3. The monoisotopic (exact) mass is 671 g/mol. The van der Waals surface area contributed by atoms with Crippen LogP contribution < -0.4 is 0 Å². The Bertz CT molecular complexity index is 2800. The van der Waals surface area contributed by atoms with Gasteiger partial charge in [0.2, 0.25) is 0 Å². The molecule has 0 aliphatic rings. The minimum atomic E-state index is 0.662. The van der Waals surface area contributed by atoms with Gasteiger partial charge in [-0.25, -0.2) is 9.97 Å². The number of hydrogen-bond acceptors (Lipinski definition) is 3. The molecule has 4 nitrogen and oxygen atoms in total. The second kappa shape index (κ2) is 13.3. The minimum Gasteiger partial charge on any atom is -0.455 e. The number of furan rings is 1. The van der Waals surface area contributed by atoms with E-state index in [9.17, 15) is 0 Å². The van der Waals surface area contributed by atoms with Gasteiger partial charge in [-0.1, -0.05) is 134 Å². The minimum absolute atomic E-state index is 0.662. The van der Waals surface area contributed by atoms with Gasteiger partial charge in [-0.15, -0.1) is 0 Å². The highest BCUT2D eigenvalue weighted by atomic mass is 16.3. The summed E-state index contributed by atoms with van der Waals surface area (Å²) in [6.07, 6.45) is 8.21. The van der Waals surface area contributed by atoms with Gasteiger partial charge in [0, 0.05) is 50.5 Å². The van der Waals surface area contributed by atoms with Gasteiger partial charge in [-0.05, 0) is 61.4 Å². The summed E-state index contributed by atoms with van der Waals surface area (Å²) in [6, 6.07) is 51.2. The summed E-state index contributed by atoms with van der Waals surface area (Å²) in [5.74, 6) is 0.662. The number of fused-ring (bicyclic) bond motifs is 6. The lowest BCUT2D eigenvalue weighted by atomic mass is 10.00. The van der Waals surface area contributed by atoms with Crippen LogP contribution in [0.4, 0.5) is 0 Å². The van der Waals surface area contributed by atoms with Gasteiger partial charge in [-0.3, -0.25) is 0 Å². The molecule has 9 aromatic rings. The molecule has 0 saturated heterocycles. The Labute approximate surface area is 303 Å². The van der Waals surface area contributed by atoms with E-state index in [1.807, 2.05) is 6.07 Å². The third-order valence-electron chi connectivity index (χ3n) is 9.82. The fraction of sp³-hybridized carbons (Fsp3) is 0.0833. The number of hydrogen-bond donors (Lipinski definition) is 0. The summed E-state index contributed by atoms with van der Waals surface area (Å²) < 4.78 is 9.27. The molecule has 3 aromatic heterocycles. The van der Waals surface area contributed by atoms with E-state index in [-0.39, 0.29) is 0 Å². The van der Waals surface area contributed by atoms with Gasteiger partial charge < -0.3 is 8.98 Å². The molecule has 0 radical (unpaired) electrons. The molecule has 0 saturated carbocycles. The molecule has 9 rings (SSSR count). The molecule has 0 spiro atoms. The molecule has 0 aliphatic carbocycles. The van der Waals surface area contributed by atoms with Crippen molar-refractivity contribution in [2.24, 2.45) is 0 Å². The van der Waals surface area contributed by atoms with E-state index < -0.39 is 0 Å². The number of allylic oxidation sites excluding steroid dienone is 4. The molecule has 0 atom stereocenters. The van der Waals surface area contributed by atoms with Gasteiger partial charge in [0.05, 0.1) is 22.3 Å². The Balaban J connectivity index is 1.20. The maximum absolute atomic E-state index is 6.92. The van der Waals surface area contributed by atoms with E-state index in [4.69, 9.17) is 14.4 Å². The highest BCUT2D eigenvalue weighted by Gasteiger charge is 2.19. The summed E-state index contributed by atoms with van der Waals surface area (Å²) >= 11 is 0. The number of para-hydroxylation sites is 4. The van der Waals surface area contributed by atoms with Gasteiger partial charge in [0.15, 0.2) is 5.82 Å². The third kappa shape index (κ3) is 5.59. The van der Waals surface area contributed by atoms with E-state index in [2.05, 4.69) is 176 Å². The number of benzene rings is 6. The van der Waals surface area contributed by atoms with Gasteiger partial charge in [0.1, 0.15) is 11.2 Å². The largest absolute Gasteiger partial charge is 0.455 e. The molecule has 3 heterocycles. The molecule has 4 heteroatoms. The highest BCUT2D eigenvalue weighted by molar-refractivity contribution is 6.14. The lowest BCUT2D eigenvalue weighted by molar-refractivity contribution is 0.670. The van der Waals surface area contributed by atoms with Crippen molar-refractivity contribution in [2.45, 2.75) is 26.7 Å². The molecule has 0 N–H and O–H groups in total. The molecular formula is C48H37N3O. The van der Waals surface area contributed by atoms with Crippen LogP contribution in [0.15, 0.2) is 174 Å². The van der Waals surface area contributed by atoms with Crippen molar-refractivity contribution in [1.82, 2.24) is 14.5 Å². The maximum atomic E-state index is 6.92. The van der Waals surface area contributed by atoms with Crippen molar-refractivity contribution < 1.29 is 4.42 Å². The second-order valence-electron chi connectivity index (χ2n) is 13.3. The molecule has 0 unspecified atom stereocenters. The molecule has 0 amide bonds. The molecule has 0 fully saturated rings. The fourth-order valence-corrected chi connectivity index (χ4v) is 7.40. The Hall–Kier alpha value is -6.52. The molecule has 0 aliphatic heterocycles. The van der Waals surface area contributed by atoms with E-state index >= 15 is 0 Å². The summed E-state index contributed by atoms with van der Waals surface area (Å²) in [6.45, 7) is 4.30. The van der Waals surface area contributed by atoms with Crippen LogP contribution in [-0.4, -0.2) is 14.5 Å². The van der Waals surface area contributed by atoms with E-state index in [0.29, 0.717) is 5.82 Å². The van der Waals surface area contributed by atoms with Gasteiger partial charge in [0.25, 0.3) is 0 Å². The Morgan fingerprint density at radius 2 is 1.29 bits per heavy atom. The third-order valence-corrected chi connectivity index (χ3v) is 9.82. The van der Waals surface area contributed by atoms with Crippen LogP contribution in [0.25, 0.3) is 83.2 Å². The first-order valence-corrected chi connectivity index (χ1v) is 18.0. The molecule has 6 aromatic carbocycles. The maximum Gasteiger partial charge on any atom is 0.163 e. The first-order valence-electron chi connectivity index (χ1n) is 18.0. The van der Waals surface area contributed by atoms with Crippen LogP contribution in [0, 0.1) is 0 Å². The van der Waals surface area contributed by atoms with Crippen molar-refractivity contribution in [3.63, 3.8) is 0 Å². The number of rotatable bonds is 8. The topological polar surface area (TPSA) is 43.9 Å². The van der Waals surface area contributed by atoms with E-state index in [1.54, 1.807) is 0 Å². The van der Waals surface area contributed by atoms with Crippen molar-refractivity contribution in [2.75, 3.05) is 0 Å². The highest BCUT2D eigenvalue weighted by Crippen LogP contribution is 2.41. The SMILES string of the molecule is CC/C=C\C=C(/C)Cc1cc(-c2ccccc2)nc(-c2cccc3c2oc2c(-c4ccc5c(c4)c4ccccc4n5-c4ccccc4)cccc23)n1. The van der Waals surface area contributed by atoms with Crippen LogP contribution in [0.1, 0.15) is 26.0 Å². The Morgan fingerprint density at radius 1 is 0.615 bits per heavy atom. The van der Waals surface area contributed by atoms with E-state index in [1.165, 1.54) is 27.4 Å². The van der Waals surface area contributed by atoms with Crippen molar-refractivity contribution in [3.05, 3.63) is 175 Å². The quantitative estimate of drug-likeness (QED) is 0.151. The lowest BCUT2D eigenvalue weighted by Crippen LogP contribution is -1.99. The van der Waals surface area contributed by atoms with Crippen LogP contribution in [0.3, 0.4) is 0 Å². The van der Waals surface area contributed by atoms with Crippen molar-refractivity contribution in [3.8, 4) is 39.5 Å². The summed E-state index contributed by atoms with van der Waals surface area (Å²) in [5, 5.41) is 4.55. The molecule has 0 bridgehead atoms. The molecular weight excluding hydrogens is 635 g/mol. The van der Waals surface area contributed by atoms with E-state index in [0.717, 1.165) is 74.1 Å². The average molecular weight is 672 g/mol. The lowest BCUT2D eigenvalue weighted by Gasteiger charge is -2.10.